The zero-order chi connectivity index (χ0) is 30.3. The third-order valence-electron chi connectivity index (χ3n) is 5.93. The minimum atomic E-state index is -5.09. The summed E-state index contributed by atoms with van der Waals surface area (Å²) >= 11 is 0. The molecule has 1 aliphatic heterocycles. The minimum absolute atomic E-state index is 0.0368. The van der Waals surface area contributed by atoms with Gasteiger partial charge in [-0.05, 0) is 67.2 Å². The van der Waals surface area contributed by atoms with Crippen LogP contribution in [0.3, 0.4) is 0 Å². The van der Waals surface area contributed by atoms with Gasteiger partial charge < -0.3 is 10.1 Å². The SMILES string of the molecule is [2H]C([2H])([2H])COC(=O)N1c2ccc(C(F)(F)F)cc2C(NCc2cc(C(F)(F)F)cc(C(F)(F)F)c2)CC1CC. The van der Waals surface area contributed by atoms with Gasteiger partial charge in [0.1, 0.15) is 0 Å². The number of nitrogens with one attached hydrogen (secondary N) is 1. The van der Waals surface area contributed by atoms with E-state index in [0.717, 1.165) is 17.0 Å². The van der Waals surface area contributed by atoms with Crippen LogP contribution < -0.4 is 10.2 Å². The highest BCUT2D eigenvalue weighted by molar-refractivity contribution is 5.90. The number of hydrogen-bond acceptors (Lipinski definition) is 3. The van der Waals surface area contributed by atoms with Gasteiger partial charge in [-0.3, -0.25) is 4.90 Å². The molecule has 204 valence electrons. The molecule has 0 bridgehead atoms. The fraction of sp³-hybridized carbons (Fsp3) is 0.458. The Labute approximate surface area is 210 Å². The molecule has 2 aromatic rings. The van der Waals surface area contributed by atoms with Crippen molar-refractivity contribution in [2.45, 2.75) is 63.8 Å². The molecule has 0 aromatic heterocycles. The lowest BCUT2D eigenvalue weighted by Gasteiger charge is -2.40. The average molecular weight is 545 g/mol. The summed E-state index contributed by atoms with van der Waals surface area (Å²) < 4.78 is 147. The average Bonchev–Trinajstić information content (AvgIpc) is 2.82. The Hall–Kier alpha value is -2.96. The normalized spacial score (nSPS) is 20.1. The molecular formula is C24H23F9N2O2. The first-order valence-electron chi connectivity index (χ1n) is 12.4. The highest BCUT2D eigenvalue weighted by Crippen LogP contribution is 2.42. The molecule has 0 saturated heterocycles. The number of alkyl halides is 9. The summed E-state index contributed by atoms with van der Waals surface area (Å²) in [6.45, 7) is -2.55. The van der Waals surface area contributed by atoms with Crippen molar-refractivity contribution < 1.29 is 53.2 Å². The van der Waals surface area contributed by atoms with Crippen LogP contribution >= 0.6 is 0 Å². The molecule has 2 atom stereocenters. The summed E-state index contributed by atoms with van der Waals surface area (Å²) in [5.41, 5.74) is -4.80. The summed E-state index contributed by atoms with van der Waals surface area (Å²) in [7, 11) is 0. The predicted octanol–water partition coefficient (Wildman–Crippen LogP) is 7.72. The lowest BCUT2D eigenvalue weighted by atomic mass is 9.88. The Morgan fingerprint density at radius 2 is 1.57 bits per heavy atom. The maximum Gasteiger partial charge on any atom is 0.416 e. The van der Waals surface area contributed by atoms with E-state index < -0.39 is 79.0 Å². The molecule has 0 radical (unpaired) electrons. The van der Waals surface area contributed by atoms with E-state index >= 15 is 0 Å². The zero-order valence-corrected chi connectivity index (χ0v) is 19.1. The molecule has 0 fully saturated rings. The molecule has 0 aliphatic carbocycles. The van der Waals surface area contributed by atoms with Crippen molar-refractivity contribution in [3.63, 3.8) is 0 Å². The highest BCUT2D eigenvalue weighted by atomic mass is 19.4. The van der Waals surface area contributed by atoms with Gasteiger partial charge >= 0.3 is 24.6 Å². The lowest BCUT2D eigenvalue weighted by molar-refractivity contribution is -0.143. The summed E-state index contributed by atoms with van der Waals surface area (Å²) in [6.07, 6.45) is -16.0. The molecular weight excluding hydrogens is 519 g/mol. The van der Waals surface area contributed by atoms with Crippen LogP contribution in [0.15, 0.2) is 36.4 Å². The molecule has 4 nitrogen and oxygen atoms in total. The Morgan fingerprint density at radius 1 is 0.973 bits per heavy atom. The number of ether oxygens (including phenoxy) is 1. The smallest absolute Gasteiger partial charge is 0.416 e. The maximum absolute atomic E-state index is 13.5. The Kier molecular flexibility index (Phi) is 6.87. The van der Waals surface area contributed by atoms with Crippen molar-refractivity contribution in [1.82, 2.24) is 5.32 Å². The van der Waals surface area contributed by atoms with Crippen LogP contribution in [0, 0.1) is 0 Å². The van der Waals surface area contributed by atoms with Gasteiger partial charge in [-0.25, -0.2) is 4.79 Å². The second-order valence-corrected chi connectivity index (χ2v) is 8.34. The van der Waals surface area contributed by atoms with Crippen molar-refractivity contribution in [3.8, 4) is 0 Å². The van der Waals surface area contributed by atoms with E-state index in [1.165, 1.54) is 0 Å². The van der Waals surface area contributed by atoms with Crippen LogP contribution in [0.2, 0.25) is 0 Å². The summed E-state index contributed by atoms with van der Waals surface area (Å²) in [4.78, 5) is 13.8. The summed E-state index contributed by atoms with van der Waals surface area (Å²) in [6, 6.07) is 1.59. The van der Waals surface area contributed by atoms with Crippen molar-refractivity contribution in [2.75, 3.05) is 11.5 Å². The van der Waals surface area contributed by atoms with Crippen LogP contribution in [-0.2, 0) is 29.8 Å². The summed E-state index contributed by atoms with van der Waals surface area (Å²) in [5.74, 6) is 0. The number of hydrogen-bond donors (Lipinski definition) is 1. The van der Waals surface area contributed by atoms with Crippen LogP contribution in [0.5, 0.6) is 0 Å². The highest BCUT2D eigenvalue weighted by Gasteiger charge is 2.40. The molecule has 1 N–H and O–H groups in total. The molecule has 37 heavy (non-hydrogen) atoms. The summed E-state index contributed by atoms with van der Waals surface area (Å²) in [5, 5.41) is 2.74. The molecule has 0 saturated carbocycles. The van der Waals surface area contributed by atoms with Crippen molar-refractivity contribution in [2.24, 2.45) is 0 Å². The molecule has 13 heteroatoms. The van der Waals surface area contributed by atoms with E-state index in [0.29, 0.717) is 18.2 Å². The van der Waals surface area contributed by atoms with Gasteiger partial charge in [0.2, 0.25) is 0 Å². The third kappa shape index (κ3) is 6.49. The molecule has 2 aromatic carbocycles. The van der Waals surface area contributed by atoms with Gasteiger partial charge in [0.05, 0.1) is 29.0 Å². The number of benzene rings is 2. The molecule has 3 rings (SSSR count). The van der Waals surface area contributed by atoms with Gasteiger partial charge in [0.25, 0.3) is 0 Å². The molecule has 2 unspecified atom stereocenters. The monoisotopic (exact) mass is 545 g/mol. The molecule has 1 aliphatic rings. The Balaban J connectivity index is 2.01. The molecule has 1 amide bonds. The van der Waals surface area contributed by atoms with Crippen molar-refractivity contribution >= 4 is 11.8 Å². The first-order chi connectivity index (χ1) is 18.2. The third-order valence-corrected chi connectivity index (χ3v) is 5.93. The first kappa shape index (κ1) is 24.4. The van der Waals surface area contributed by atoms with E-state index in [9.17, 15) is 44.3 Å². The molecule has 1 heterocycles. The number of amides is 1. The van der Waals surface area contributed by atoms with Crippen LogP contribution in [0.1, 0.15) is 64.6 Å². The number of nitrogens with zero attached hydrogens (tertiary/aromatic N) is 1. The number of anilines is 1. The van der Waals surface area contributed by atoms with E-state index in [-0.39, 0.29) is 30.2 Å². The Morgan fingerprint density at radius 3 is 2.08 bits per heavy atom. The van der Waals surface area contributed by atoms with Gasteiger partial charge in [-0.1, -0.05) is 6.92 Å². The second kappa shape index (κ2) is 10.4. The molecule has 0 spiro atoms. The van der Waals surface area contributed by atoms with Crippen LogP contribution in [-0.4, -0.2) is 18.7 Å². The van der Waals surface area contributed by atoms with Gasteiger partial charge in [-0.2, -0.15) is 39.5 Å². The number of halogens is 9. The van der Waals surface area contributed by atoms with Crippen LogP contribution in [0.25, 0.3) is 0 Å². The maximum atomic E-state index is 13.5. The van der Waals surface area contributed by atoms with E-state index in [1.807, 2.05) is 0 Å². The Bertz CT molecular complexity index is 1200. The second-order valence-electron chi connectivity index (χ2n) is 8.34. The van der Waals surface area contributed by atoms with Gasteiger partial charge in [0.15, 0.2) is 0 Å². The van der Waals surface area contributed by atoms with Gasteiger partial charge in [-0.15, -0.1) is 0 Å². The quantitative estimate of drug-likeness (QED) is 0.391. The minimum Gasteiger partial charge on any atom is -0.449 e. The van der Waals surface area contributed by atoms with E-state index in [2.05, 4.69) is 5.32 Å². The lowest BCUT2D eigenvalue weighted by Crippen LogP contribution is -2.47. The van der Waals surface area contributed by atoms with Crippen LogP contribution in [0.4, 0.5) is 50.0 Å². The van der Waals surface area contributed by atoms with Crippen molar-refractivity contribution in [3.05, 3.63) is 64.2 Å². The number of fused-ring (bicyclic) bond motifs is 1. The van der Waals surface area contributed by atoms with E-state index in [1.54, 1.807) is 6.92 Å². The van der Waals surface area contributed by atoms with E-state index in [4.69, 9.17) is 8.85 Å². The predicted molar refractivity (Wildman–Crippen MR) is 116 cm³/mol. The fourth-order valence-electron chi connectivity index (χ4n) is 4.21. The number of carbonyl (C=O) groups is 1. The first-order valence-corrected chi connectivity index (χ1v) is 10.9. The standard InChI is InChI=1S/C24H23F9N2O2/c1-3-17-11-19(34-12-13-7-15(23(28,29)30)9-16(8-13)24(31,32)33)18-10-14(22(25,26)27)5-6-20(18)35(17)21(36)37-4-2/h5-10,17,19,34H,3-4,11-12H2,1-2H3/i2D3. The number of carbonyl (C=O) groups excluding carboxylic acids is 1. The topological polar surface area (TPSA) is 41.6 Å². The fourth-order valence-corrected chi connectivity index (χ4v) is 4.21. The van der Waals surface area contributed by atoms with Crippen molar-refractivity contribution in [1.29, 1.82) is 0 Å². The largest absolute Gasteiger partial charge is 0.449 e. The zero-order valence-electron chi connectivity index (χ0n) is 22.1. The van der Waals surface area contributed by atoms with Gasteiger partial charge in [0, 0.05) is 22.7 Å². The number of rotatable bonds is 5.